The molecule has 24 heavy (non-hydrogen) atoms. The van der Waals surface area contributed by atoms with Gasteiger partial charge in [-0.15, -0.1) is 10.2 Å². The van der Waals surface area contributed by atoms with Gasteiger partial charge in [-0.25, -0.2) is 0 Å². The van der Waals surface area contributed by atoms with E-state index in [4.69, 9.17) is 0 Å². The molecule has 8 heteroatoms. The zero-order chi connectivity index (χ0) is 16.9. The van der Waals surface area contributed by atoms with Gasteiger partial charge in [0, 0.05) is 12.8 Å². The van der Waals surface area contributed by atoms with Crippen LogP contribution in [0, 0.1) is 0 Å². The molecular weight excluding hydrogens is 326 g/mol. The van der Waals surface area contributed by atoms with Crippen LogP contribution < -0.4 is 10.9 Å². The van der Waals surface area contributed by atoms with Crippen LogP contribution in [0.1, 0.15) is 37.1 Å². The Morgan fingerprint density at radius 1 is 1.21 bits per heavy atom. The van der Waals surface area contributed by atoms with Gasteiger partial charge >= 0.3 is 0 Å². The lowest BCUT2D eigenvalue weighted by atomic mass is 10.2. The summed E-state index contributed by atoms with van der Waals surface area (Å²) in [7, 11) is 0. The van der Waals surface area contributed by atoms with Gasteiger partial charge < -0.3 is 4.57 Å². The lowest BCUT2D eigenvalue weighted by Gasteiger charge is -2.10. The van der Waals surface area contributed by atoms with Crippen LogP contribution in [-0.4, -0.2) is 32.3 Å². The zero-order valence-electron chi connectivity index (χ0n) is 13.4. The van der Waals surface area contributed by atoms with Gasteiger partial charge in [0.25, 0.3) is 0 Å². The topological polar surface area (TPSA) is 88.9 Å². The van der Waals surface area contributed by atoms with E-state index in [2.05, 4.69) is 37.7 Å². The number of amides is 2. The number of carbonyl (C=O) groups is 2. The number of aromatic nitrogens is 3. The number of hydrogen-bond donors (Lipinski definition) is 2. The number of benzene rings is 1. The average Bonchev–Trinajstić information content (AvgIpc) is 3.34. The number of carbonyl (C=O) groups excluding carboxylic acids is 2. The summed E-state index contributed by atoms with van der Waals surface area (Å²) in [6.45, 7) is 2.03. The summed E-state index contributed by atoms with van der Waals surface area (Å²) in [5, 5.41) is 9.29. The molecule has 0 bridgehead atoms. The lowest BCUT2D eigenvalue weighted by molar-refractivity contribution is -0.126. The molecule has 1 saturated carbocycles. The highest BCUT2D eigenvalue weighted by Gasteiger charge is 2.30. The Morgan fingerprint density at radius 2 is 1.96 bits per heavy atom. The predicted octanol–water partition coefficient (Wildman–Crippen LogP) is 1.46. The van der Waals surface area contributed by atoms with Gasteiger partial charge in [0.2, 0.25) is 11.8 Å². The van der Waals surface area contributed by atoms with Crippen molar-refractivity contribution in [2.75, 3.05) is 5.75 Å². The van der Waals surface area contributed by atoms with E-state index in [1.807, 2.05) is 18.2 Å². The van der Waals surface area contributed by atoms with Crippen LogP contribution in [0.5, 0.6) is 0 Å². The number of nitrogens with zero attached hydrogens (tertiary/aromatic N) is 3. The molecule has 1 aliphatic rings. The molecule has 1 fully saturated rings. The second-order valence-electron chi connectivity index (χ2n) is 5.70. The minimum absolute atomic E-state index is 0.165. The van der Waals surface area contributed by atoms with Crippen molar-refractivity contribution in [1.82, 2.24) is 25.6 Å². The fourth-order valence-electron chi connectivity index (χ4n) is 2.29. The first-order valence-corrected chi connectivity index (χ1v) is 8.77. The average molecular weight is 345 g/mol. The molecule has 0 atom stereocenters. The normalized spacial score (nSPS) is 13.5. The van der Waals surface area contributed by atoms with Crippen molar-refractivity contribution in [2.24, 2.45) is 0 Å². The van der Waals surface area contributed by atoms with Crippen molar-refractivity contribution in [3.8, 4) is 0 Å². The van der Waals surface area contributed by atoms with Gasteiger partial charge in [-0.2, -0.15) is 0 Å². The second-order valence-corrected chi connectivity index (χ2v) is 6.65. The van der Waals surface area contributed by atoms with Crippen LogP contribution in [0.25, 0.3) is 0 Å². The van der Waals surface area contributed by atoms with Crippen LogP contribution in [-0.2, 0) is 16.1 Å². The summed E-state index contributed by atoms with van der Waals surface area (Å²) >= 11 is 1.32. The van der Waals surface area contributed by atoms with Crippen LogP contribution >= 0.6 is 11.8 Å². The summed E-state index contributed by atoms with van der Waals surface area (Å²) in [5.74, 6) is 1.04. The summed E-state index contributed by atoms with van der Waals surface area (Å²) in [4.78, 5) is 22.5. The minimum atomic E-state index is -0.309. The quantitative estimate of drug-likeness (QED) is 0.611. The van der Waals surface area contributed by atoms with Crippen molar-refractivity contribution in [3.63, 3.8) is 0 Å². The highest BCUT2D eigenvalue weighted by molar-refractivity contribution is 7.99. The Bertz CT molecular complexity index is 727. The van der Waals surface area contributed by atoms with Crippen molar-refractivity contribution in [3.05, 3.63) is 41.7 Å². The minimum Gasteiger partial charge on any atom is -0.301 e. The number of nitrogens with one attached hydrogen (secondary N) is 2. The summed E-state index contributed by atoms with van der Waals surface area (Å²) in [6, 6.07) is 10.1. The molecule has 0 radical (unpaired) electrons. The Morgan fingerprint density at radius 3 is 2.62 bits per heavy atom. The fourth-order valence-corrected chi connectivity index (χ4v) is 3.03. The third-order valence-corrected chi connectivity index (χ3v) is 4.55. The Labute approximate surface area is 144 Å². The van der Waals surface area contributed by atoms with Crippen molar-refractivity contribution in [2.45, 2.75) is 37.4 Å². The van der Waals surface area contributed by atoms with Gasteiger partial charge in [0.05, 0.1) is 12.3 Å². The molecule has 126 valence electrons. The van der Waals surface area contributed by atoms with Crippen LogP contribution in [0.4, 0.5) is 0 Å². The molecule has 1 aromatic carbocycles. The third kappa shape index (κ3) is 4.35. The first kappa shape index (κ1) is 16.5. The molecule has 0 aliphatic heterocycles. The number of rotatable bonds is 6. The maximum atomic E-state index is 11.7. The van der Waals surface area contributed by atoms with E-state index in [9.17, 15) is 9.59 Å². The Balaban J connectivity index is 1.68. The van der Waals surface area contributed by atoms with Crippen LogP contribution in [0.2, 0.25) is 0 Å². The molecule has 3 rings (SSSR count). The standard InChI is InChI=1S/C16H19N5O2S/c1-11(22)17-18-14(23)10-24-16-20-19-15(13-7-8-13)21(16)9-12-5-3-2-4-6-12/h2-6,13H,7-10H2,1H3,(H,17,22)(H,18,23). The molecule has 0 saturated heterocycles. The maximum Gasteiger partial charge on any atom is 0.248 e. The highest BCUT2D eigenvalue weighted by Crippen LogP contribution is 2.40. The number of hydrogen-bond acceptors (Lipinski definition) is 5. The van der Waals surface area contributed by atoms with E-state index in [1.54, 1.807) is 0 Å². The zero-order valence-corrected chi connectivity index (χ0v) is 14.2. The van der Waals surface area contributed by atoms with E-state index < -0.39 is 0 Å². The fraction of sp³-hybridized carbons (Fsp3) is 0.375. The number of thioether (sulfide) groups is 1. The van der Waals surface area contributed by atoms with Crippen LogP contribution in [0.15, 0.2) is 35.5 Å². The van der Waals surface area contributed by atoms with E-state index >= 15 is 0 Å². The largest absolute Gasteiger partial charge is 0.301 e. The highest BCUT2D eigenvalue weighted by atomic mass is 32.2. The van der Waals surface area contributed by atoms with Gasteiger partial charge in [-0.05, 0) is 18.4 Å². The molecule has 2 N–H and O–H groups in total. The monoisotopic (exact) mass is 345 g/mol. The van der Waals surface area contributed by atoms with E-state index in [0.717, 1.165) is 23.8 Å². The third-order valence-electron chi connectivity index (χ3n) is 3.58. The SMILES string of the molecule is CC(=O)NNC(=O)CSc1nnc(C2CC2)n1Cc1ccccc1. The van der Waals surface area contributed by atoms with E-state index in [1.165, 1.54) is 24.2 Å². The predicted molar refractivity (Wildman–Crippen MR) is 90.2 cm³/mol. The Kier molecular flexibility index (Phi) is 5.14. The van der Waals surface area contributed by atoms with Crippen molar-refractivity contribution in [1.29, 1.82) is 0 Å². The van der Waals surface area contributed by atoms with Crippen LogP contribution in [0.3, 0.4) is 0 Å². The first-order chi connectivity index (χ1) is 11.6. The molecule has 2 aromatic rings. The van der Waals surface area contributed by atoms with Gasteiger partial charge in [-0.3, -0.25) is 20.4 Å². The van der Waals surface area contributed by atoms with E-state index in [0.29, 0.717) is 12.5 Å². The van der Waals surface area contributed by atoms with Crippen molar-refractivity contribution < 1.29 is 9.59 Å². The summed E-state index contributed by atoms with van der Waals surface area (Å²) in [5.41, 5.74) is 5.79. The molecule has 1 aliphatic carbocycles. The first-order valence-electron chi connectivity index (χ1n) is 7.78. The molecule has 7 nitrogen and oxygen atoms in total. The lowest BCUT2D eigenvalue weighted by Crippen LogP contribution is -2.41. The summed E-state index contributed by atoms with van der Waals surface area (Å²) < 4.78 is 2.09. The molecule has 0 unspecified atom stereocenters. The van der Waals surface area contributed by atoms with Crippen molar-refractivity contribution >= 4 is 23.6 Å². The van der Waals surface area contributed by atoms with E-state index in [-0.39, 0.29) is 17.6 Å². The second kappa shape index (κ2) is 7.48. The molecule has 0 spiro atoms. The molecule has 2 amide bonds. The molecule has 1 heterocycles. The molecule has 1 aromatic heterocycles. The smallest absolute Gasteiger partial charge is 0.248 e. The van der Waals surface area contributed by atoms with Gasteiger partial charge in [0.15, 0.2) is 5.16 Å². The molecular formula is C16H19N5O2S. The maximum absolute atomic E-state index is 11.7. The Hall–Kier alpha value is -2.35. The summed E-state index contributed by atoms with van der Waals surface area (Å²) in [6.07, 6.45) is 2.28. The van der Waals surface area contributed by atoms with Gasteiger partial charge in [-0.1, -0.05) is 42.1 Å². The number of hydrazine groups is 1. The van der Waals surface area contributed by atoms with Gasteiger partial charge in [0.1, 0.15) is 5.82 Å².